The van der Waals surface area contributed by atoms with E-state index in [2.05, 4.69) is 20.9 Å². The minimum Gasteiger partial charge on any atom is -0.376 e. The topological polar surface area (TPSA) is 83.1 Å². The van der Waals surface area contributed by atoms with E-state index < -0.39 is 0 Å². The molecule has 0 aliphatic heterocycles. The van der Waals surface area contributed by atoms with Crippen LogP contribution in [-0.4, -0.2) is 36.4 Å². The Morgan fingerprint density at radius 1 is 1.39 bits per heavy atom. The molecule has 0 radical (unpaired) electrons. The first-order valence-electron chi connectivity index (χ1n) is 5.74. The van der Waals surface area contributed by atoms with Crippen molar-refractivity contribution < 1.29 is 9.59 Å². The van der Waals surface area contributed by atoms with Crippen molar-refractivity contribution in [2.75, 3.05) is 18.9 Å². The Hall–Kier alpha value is -2.11. The van der Waals surface area contributed by atoms with Gasteiger partial charge < -0.3 is 16.0 Å². The molecule has 3 N–H and O–H groups in total. The van der Waals surface area contributed by atoms with Gasteiger partial charge in [-0.15, -0.1) is 0 Å². The van der Waals surface area contributed by atoms with Gasteiger partial charge in [0.2, 0.25) is 5.91 Å². The van der Waals surface area contributed by atoms with E-state index >= 15 is 0 Å². The molecule has 0 bridgehead atoms. The van der Waals surface area contributed by atoms with E-state index in [1.165, 1.54) is 6.20 Å². The van der Waals surface area contributed by atoms with Gasteiger partial charge in [0.05, 0.1) is 6.54 Å². The maximum absolute atomic E-state index is 11.4. The first-order valence-corrected chi connectivity index (χ1v) is 5.74. The maximum Gasteiger partial charge on any atom is 0.269 e. The van der Waals surface area contributed by atoms with Crippen LogP contribution < -0.4 is 16.0 Å². The fourth-order valence-corrected chi connectivity index (χ4v) is 1.35. The molecule has 0 fully saturated rings. The Bertz CT molecular complexity index is 432. The summed E-state index contributed by atoms with van der Waals surface area (Å²) in [7, 11) is 1.54. The standard InChI is InChI=1S/C12H18N4O2/c1-8(2)16-11(17)7-15-9-4-5-14-10(6-9)12(18)13-3/h4-6,8H,7H2,1-3H3,(H,13,18)(H,14,15)(H,16,17). The Morgan fingerprint density at radius 3 is 2.72 bits per heavy atom. The van der Waals surface area contributed by atoms with Crippen LogP contribution in [0.15, 0.2) is 18.3 Å². The van der Waals surface area contributed by atoms with Crippen LogP contribution in [-0.2, 0) is 4.79 Å². The van der Waals surface area contributed by atoms with Crippen LogP contribution in [0.4, 0.5) is 5.69 Å². The van der Waals surface area contributed by atoms with Crippen LogP contribution in [0.2, 0.25) is 0 Å². The Balaban J connectivity index is 2.57. The zero-order valence-electron chi connectivity index (χ0n) is 10.8. The molecule has 0 aliphatic rings. The molecule has 1 rings (SSSR count). The third-order valence-electron chi connectivity index (χ3n) is 2.12. The van der Waals surface area contributed by atoms with Crippen LogP contribution in [0.5, 0.6) is 0 Å². The van der Waals surface area contributed by atoms with Crippen molar-refractivity contribution in [3.05, 3.63) is 24.0 Å². The first kappa shape index (κ1) is 14.0. The van der Waals surface area contributed by atoms with E-state index in [0.717, 1.165) is 0 Å². The first-order chi connectivity index (χ1) is 8.52. The van der Waals surface area contributed by atoms with E-state index in [-0.39, 0.29) is 24.4 Å². The normalized spacial score (nSPS) is 10.0. The van der Waals surface area contributed by atoms with Crippen molar-refractivity contribution in [2.24, 2.45) is 0 Å². The summed E-state index contributed by atoms with van der Waals surface area (Å²) < 4.78 is 0. The number of rotatable bonds is 5. The fourth-order valence-electron chi connectivity index (χ4n) is 1.35. The molecule has 0 atom stereocenters. The van der Waals surface area contributed by atoms with Gasteiger partial charge in [0, 0.05) is 25.0 Å². The van der Waals surface area contributed by atoms with Gasteiger partial charge in [0.15, 0.2) is 0 Å². The molecule has 6 nitrogen and oxygen atoms in total. The van der Waals surface area contributed by atoms with E-state index in [4.69, 9.17) is 0 Å². The average molecular weight is 250 g/mol. The second-order valence-corrected chi connectivity index (χ2v) is 4.08. The van der Waals surface area contributed by atoms with Crippen molar-refractivity contribution in [3.8, 4) is 0 Å². The van der Waals surface area contributed by atoms with Gasteiger partial charge in [-0.05, 0) is 26.0 Å². The monoisotopic (exact) mass is 250 g/mol. The van der Waals surface area contributed by atoms with Gasteiger partial charge in [-0.2, -0.15) is 0 Å². The summed E-state index contributed by atoms with van der Waals surface area (Å²) in [4.78, 5) is 26.7. The number of anilines is 1. The highest BCUT2D eigenvalue weighted by Crippen LogP contribution is 2.07. The number of nitrogens with one attached hydrogen (secondary N) is 3. The molecule has 0 saturated carbocycles. The van der Waals surface area contributed by atoms with Crippen molar-refractivity contribution in [1.82, 2.24) is 15.6 Å². The second kappa shape index (κ2) is 6.58. The summed E-state index contributed by atoms with van der Waals surface area (Å²) in [6.07, 6.45) is 1.52. The van der Waals surface area contributed by atoms with Gasteiger partial charge in [0.1, 0.15) is 5.69 Å². The van der Waals surface area contributed by atoms with E-state index in [1.54, 1.807) is 19.2 Å². The highest BCUT2D eigenvalue weighted by atomic mass is 16.2. The molecule has 1 aromatic rings. The molecule has 0 aromatic carbocycles. The molecule has 0 aliphatic carbocycles. The summed E-state index contributed by atoms with van der Waals surface area (Å²) in [5, 5.41) is 8.19. The molecule has 0 unspecified atom stereocenters. The predicted molar refractivity (Wildman–Crippen MR) is 69.4 cm³/mol. The smallest absolute Gasteiger partial charge is 0.269 e. The van der Waals surface area contributed by atoms with Gasteiger partial charge >= 0.3 is 0 Å². The molecule has 18 heavy (non-hydrogen) atoms. The van der Waals surface area contributed by atoms with Crippen molar-refractivity contribution >= 4 is 17.5 Å². The Kier molecular flexibility index (Phi) is 5.10. The summed E-state index contributed by atoms with van der Waals surface area (Å²) in [6, 6.07) is 3.41. The number of carbonyl (C=O) groups is 2. The summed E-state index contributed by atoms with van der Waals surface area (Å²) in [5.41, 5.74) is 0.995. The predicted octanol–water partition coefficient (Wildman–Crippen LogP) is 0.378. The highest BCUT2D eigenvalue weighted by Gasteiger charge is 2.06. The van der Waals surface area contributed by atoms with Crippen LogP contribution in [0.25, 0.3) is 0 Å². The van der Waals surface area contributed by atoms with E-state index in [9.17, 15) is 9.59 Å². The molecule has 0 saturated heterocycles. The van der Waals surface area contributed by atoms with Gasteiger partial charge in [-0.25, -0.2) is 0 Å². The van der Waals surface area contributed by atoms with Crippen molar-refractivity contribution in [1.29, 1.82) is 0 Å². The number of hydrogen-bond acceptors (Lipinski definition) is 4. The molecular weight excluding hydrogens is 232 g/mol. The van der Waals surface area contributed by atoms with Crippen molar-refractivity contribution in [3.63, 3.8) is 0 Å². The third-order valence-corrected chi connectivity index (χ3v) is 2.12. The molecular formula is C12H18N4O2. The van der Waals surface area contributed by atoms with E-state index in [0.29, 0.717) is 11.4 Å². The van der Waals surface area contributed by atoms with Crippen LogP contribution in [0.1, 0.15) is 24.3 Å². The second-order valence-electron chi connectivity index (χ2n) is 4.08. The maximum atomic E-state index is 11.4. The zero-order chi connectivity index (χ0) is 13.5. The fraction of sp³-hybridized carbons (Fsp3) is 0.417. The number of aromatic nitrogens is 1. The lowest BCUT2D eigenvalue weighted by molar-refractivity contribution is -0.119. The van der Waals surface area contributed by atoms with Gasteiger partial charge in [-0.3, -0.25) is 14.6 Å². The lowest BCUT2D eigenvalue weighted by atomic mass is 10.3. The lowest BCUT2D eigenvalue weighted by Crippen LogP contribution is -2.34. The summed E-state index contributed by atoms with van der Waals surface area (Å²) in [6.45, 7) is 3.96. The van der Waals surface area contributed by atoms with Gasteiger partial charge in [0.25, 0.3) is 5.91 Å². The molecule has 1 aromatic heterocycles. The molecule has 1 heterocycles. The number of nitrogens with zero attached hydrogens (tertiary/aromatic N) is 1. The SMILES string of the molecule is CNC(=O)c1cc(NCC(=O)NC(C)C)ccn1. The highest BCUT2D eigenvalue weighted by molar-refractivity contribution is 5.93. The molecule has 98 valence electrons. The minimum atomic E-state index is -0.259. The summed E-state index contributed by atoms with van der Waals surface area (Å²) >= 11 is 0. The molecule has 6 heteroatoms. The number of carbonyl (C=O) groups excluding carboxylic acids is 2. The largest absolute Gasteiger partial charge is 0.376 e. The minimum absolute atomic E-state index is 0.0942. The Morgan fingerprint density at radius 2 is 2.11 bits per heavy atom. The molecule has 0 spiro atoms. The lowest BCUT2D eigenvalue weighted by Gasteiger charge is -2.10. The number of hydrogen-bond donors (Lipinski definition) is 3. The number of amides is 2. The molecule has 2 amide bonds. The van der Waals surface area contributed by atoms with Crippen LogP contribution in [0.3, 0.4) is 0 Å². The quantitative estimate of drug-likeness (QED) is 0.705. The van der Waals surface area contributed by atoms with E-state index in [1.807, 2.05) is 13.8 Å². The average Bonchev–Trinajstić information content (AvgIpc) is 2.35. The Labute approximate surface area is 106 Å². The number of pyridine rings is 1. The zero-order valence-corrected chi connectivity index (χ0v) is 10.8. The van der Waals surface area contributed by atoms with Crippen LogP contribution >= 0.6 is 0 Å². The van der Waals surface area contributed by atoms with Crippen molar-refractivity contribution in [2.45, 2.75) is 19.9 Å². The van der Waals surface area contributed by atoms with Gasteiger partial charge in [-0.1, -0.05) is 0 Å². The van der Waals surface area contributed by atoms with Crippen LogP contribution in [0, 0.1) is 0 Å². The third kappa shape index (κ3) is 4.40. The summed E-state index contributed by atoms with van der Waals surface area (Å²) in [5.74, 6) is -0.353.